The van der Waals surface area contributed by atoms with Gasteiger partial charge in [-0.05, 0) is 60.4 Å². The van der Waals surface area contributed by atoms with Gasteiger partial charge in [-0.3, -0.25) is 9.98 Å². The fourth-order valence-corrected chi connectivity index (χ4v) is 6.10. The molecule has 2 aromatic carbocycles. The quantitative estimate of drug-likeness (QED) is 0.275. The second-order valence-corrected chi connectivity index (χ2v) is 10.1. The Labute approximate surface area is 220 Å². The summed E-state index contributed by atoms with van der Waals surface area (Å²) < 4.78 is 16.9. The molecule has 7 rings (SSSR count). The number of hydrogen-bond acceptors (Lipinski definition) is 5. The number of aromatic amines is 2. The Morgan fingerprint density at radius 3 is 1.82 bits per heavy atom. The Morgan fingerprint density at radius 1 is 0.789 bits per heavy atom. The van der Waals surface area contributed by atoms with E-state index in [0.717, 1.165) is 89.9 Å². The van der Waals surface area contributed by atoms with Gasteiger partial charge < -0.3 is 23.9 Å². The number of hydrogen-bond donors (Lipinski definition) is 2. The monoisotopic (exact) mass is 506 g/mol. The fraction of sp³-hybridized carbons (Fsp3) is 0.290. The van der Waals surface area contributed by atoms with Gasteiger partial charge in [0.05, 0.1) is 43.3 Å². The summed E-state index contributed by atoms with van der Waals surface area (Å²) in [5, 5.41) is 2.50. The van der Waals surface area contributed by atoms with Crippen LogP contribution >= 0.6 is 0 Å². The Hall–Kier alpha value is -4.26. The molecule has 2 N–H and O–H groups in total. The molecule has 0 amide bonds. The molecule has 192 valence electrons. The summed E-state index contributed by atoms with van der Waals surface area (Å²) >= 11 is 0. The number of benzene rings is 2. The predicted octanol–water partition coefficient (Wildman–Crippen LogP) is 6.21. The zero-order valence-corrected chi connectivity index (χ0v) is 21.6. The lowest BCUT2D eigenvalue weighted by Crippen LogP contribution is -2.20. The lowest BCUT2D eigenvalue weighted by Gasteiger charge is -2.21. The normalized spacial score (nSPS) is 14.9. The summed E-state index contributed by atoms with van der Waals surface area (Å²) in [5.41, 5.74) is 9.34. The Balaban J connectivity index is 1.23. The second kappa shape index (κ2) is 9.24. The number of fused-ring (bicyclic) bond motifs is 6. The Kier molecular flexibility index (Phi) is 5.57. The summed E-state index contributed by atoms with van der Waals surface area (Å²) in [6.45, 7) is 1.59. The van der Waals surface area contributed by atoms with Crippen molar-refractivity contribution in [3.05, 3.63) is 83.1 Å². The van der Waals surface area contributed by atoms with Gasteiger partial charge in [0.25, 0.3) is 0 Å². The summed E-state index contributed by atoms with van der Waals surface area (Å²) in [7, 11) is 3.40. The van der Waals surface area contributed by atoms with Crippen molar-refractivity contribution in [2.75, 3.05) is 27.3 Å². The summed E-state index contributed by atoms with van der Waals surface area (Å²) in [4.78, 5) is 17.3. The number of aliphatic imine (C=N–C) groups is 2. The number of aromatic nitrogens is 2. The molecule has 0 atom stereocenters. The number of furan rings is 1. The molecule has 7 heteroatoms. The molecular formula is C31H30N4O3. The zero-order valence-electron chi connectivity index (χ0n) is 21.6. The van der Waals surface area contributed by atoms with Crippen LogP contribution in [0.3, 0.4) is 0 Å². The van der Waals surface area contributed by atoms with Crippen molar-refractivity contribution in [1.29, 1.82) is 0 Å². The average Bonchev–Trinajstić information content (AvgIpc) is 3.70. The van der Waals surface area contributed by atoms with Gasteiger partial charge >= 0.3 is 0 Å². The molecule has 2 aliphatic rings. The molecule has 0 radical (unpaired) electrons. The van der Waals surface area contributed by atoms with Crippen molar-refractivity contribution < 1.29 is 13.9 Å². The largest absolute Gasteiger partial charge is 0.497 e. The van der Waals surface area contributed by atoms with Gasteiger partial charge in [0, 0.05) is 65.8 Å². The highest BCUT2D eigenvalue weighted by Gasteiger charge is 2.28. The van der Waals surface area contributed by atoms with Crippen molar-refractivity contribution in [2.45, 2.75) is 31.6 Å². The van der Waals surface area contributed by atoms with Crippen LogP contribution in [0.4, 0.5) is 0 Å². The first kappa shape index (κ1) is 22.9. The fourth-order valence-electron chi connectivity index (χ4n) is 6.10. The number of methoxy groups -OCH3 is 2. The first-order chi connectivity index (χ1) is 18.7. The first-order valence-corrected chi connectivity index (χ1v) is 13.2. The maximum absolute atomic E-state index is 5.97. The molecule has 0 unspecified atom stereocenters. The molecule has 0 saturated heterocycles. The van der Waals surface area contributed by atoms with E-state index in [1.807, 2.05) is 18.2 Å². The van der Waals surface area contributed by atoms with Crippen LogP contribution in [0, 0.1) is 0 Å². The minimum Gasteiger partial charge on any atom is -0.497 e. The Bertz CT molecular complexity index is 1590. The molecule has 0 saturated carbocycles. The highest BCUT2D eigenvalue weighted by Crippen LogP contribution is 2.36. The minimum absolute atomic E-state index is 0.112. The lowest BCUT2D eigenvalue weighted by molar-refractivity contribution is 0.415. The topological polar surface area (TPSA) is 87.9 Å². The molecule has 5 aromatic rings. The van der Waals surface area contributed by atoms with Crippen LogP contribution in [0.15, 0.2) is 69.2 Å². The van der Waals surface area contributed by atoms with Crippen molar-refractivity contribution >= 4 is 33.2 Å². The van der Waals surface area contributed by atoms with Crippen LogP contribution in [-0.4, -0.2) is 48.7 Å². The number of rotatable bonds is 7. The molecule has 3 aromatic heterocycles. The minimum atomic E-state index is 0.112. The number of nitrogens with one attached hydrogen (secondary N) is 2. The average molecular weight is 507 g/mol. The second-order valence-electron chi connectivity index (χ2n) is 10.1. The van der Waals surface area contributed by atoms with E-state index in [4.69, 9.17) is 23.9 Å². The maximum Gasteiger partial charge on any atom is 0.120 e. The van der Waals surface area contributed by atoms with E-state index in [1.165, 1.54) is 21.9 Å². The standard InChI is InChI=1S/C31H30N4O3/c1-36-19-5-7-21-23-9-11-32-27(30(23)34-25(21)16-19)14-18(29-4-3-13-38-29)15-28-31-24(10-12-33-28)22-8-6-20(37-2)17-26(22)35-31/h3-8,13,16-18,34-35H,9-12,14-15H2,1-2H3. The highest BCUT2D eigenvalue weighted by atomic mass is 16.5. The van der Waals surface area contributed by atoms with Gasteiger partial charge in [0.1, 0.15) is 17.3 Å². The molecule has 2 aliphatic heterocycles. The molecule has 0 fully saturated rings. The predicted molar refractivity (Wildman–Crippen MR) is 151 cm³/mol. The van der Waals surface area contributed by atoms with Crippen molar-refractivity contribution in [3.63, 3.8) is 0 Å². The lowest BCUT2D eigenvalue weighted by atomic mass is 9.88. The van der Waals surface area contributed by atoms with Crippen molar-refractivity contribution in [3.8, 4) is 11.5 Å². The van der Waals surface area contributed by atoms with Crippen LogP contribution in [0.5, 0.6) is 11.5 Å². The van der Waals surface area contributed by atoms with E-state index in [0.29, 0.717) is 0 Å². The van der Waals surface area contributed by atoms with Crippen molar-refractivity contribution in [2.24, 2.45) is 9.98 Å². The summed E-state index contributed by atoms with van der Waals surface area (Å²) in [5.74, 6) is 2.78. The first-order valence-electron chi connectivity index (χ1n) is 13.2. The van der Waals surface area contributed by atoms with Crippen LogP contribution < -0.4 is 9.47 Å². The SMILES string of the molecule is COc1ccc2c3c([nH]c2c1)C(CC(CC1=NCCc2c1[nH]c1cc(OC)ccc21)c1ccco1)=NCC3. The Morgan fingerprint density at radius 2 is 1.34 bits per heavy atom. The summed E-state index contributed by atoms with van der Waals surface area (Å²) in [6.07, 6.45) is 5.17. The van der Waals surface area contributed by atoms with Gasteiger partial charge in [0.2, 0.25) is 0 Å². The third kappa shape index (κ3) is 3.81. The van der Waals surface area contributed by atoms with Gasteiger partial charge in [-0.2, -0.15) is 0 Å². The van der Waals surface area contributed by atoms with Gasteiger partial charge in [-0.1, -0.05) is 0 Å². The third-order valence-corrected chi connectivity index (χ3v) is 7.96. The van der Waals surface area contributed by atoms with E-state index in [9.17, 15) is 0 Å². The van der Waals surface area contributed by atoms with Crippen LogP contribution in [0.2, 0.25) is 0 Å². The smallest absolute Gasteiger partial charge is 0.120 e. The highest BCUT2D eigenvalue weighted by molar-refractivity contribution is 6.09. The molecule has 7 nitrogen and oxygen atoms in total. The maximum atomic E-state index is 5.97. The summed E-state index contributed by atoms with van der Waals surface area (Å²) in [6, 6.07) is 16.5. The molecule has 0 spiro atoms. The zero-order chi connectivity index (χ0) is 25.6. The number of H-pyrrole nitrogens is 2. The van der Waals surface area contributed by atoms with E-state index < -0.39 is 0 Å². The van der Waals surface area contributed by atoms with E-state index in [-0.39, 0.29) is 5.92 Å². The van der Waals surface area contributed by atoms with Gasteiger partial charge in [-0.25, -0.2) is 0 Å². The third-order valence-electron chi connectivity index (χ3n) is 7.96. The molecular weight excluding hydrogens is 476 g/mol. The molecule has 5 heterocycles. The van der Waals surface area contributed by atoms with E-state index in [1.54, 1.807) is 20.5 Å². The van der Waals surface area contributed by atoms with E-state index in [2.05, 4.69) is 40.3 Å². The van der Waals surface area contributed by atoms with Gasteiger partial charge in [-0.15, -0.1) is 0 Å². The molecule has 0 aliphatic carbocycles. The molecule has 0 bridgehead atoms. The van der Waals surface area contributed by atoms with Crippen LogP contribution in [0.25, 0.3) is 21.8 Å². The molecule has 38 heavy (non-hydrogen) atoms. The van der Waals surface area contributed by atoms with E-state index >= 15 is 0 Å². The number of nitrogens with zero attached hydrogens (tertiary/aromatic N) is 2. The number of ether oxygens (including phenoxy) is 2. The van der Waals surface area contributed by atoms with Crippen LogP contribution in [-0.2, 0) is 12.8 Å². The van der Waals surface area contributed by atoms with Crippen LogP contribution in [0.1, 0.15) is 47.0 Å². The van der Waals surface area contributed by atoms with Crippen molar-refractivity contribution in [1.82, 2.24) is 9.97 Å². The van der Waals surface area contributed by atoms with Gasteiger partial charge in [0.15, 0.2) is 0 Å².